The minimum atomic E-state index is -2.64. The Hall–Kier alpha value is -2.82. The van der Waals surface area contributed by atoms with Crippen LogP contribution in [0.15, 0.2) is 40.9 Å². The number of pyridine rings is 1. The molecule has 0 spiro atoms. The molecule has 152 valence electrons. The summed E-state index contributed by atoms with van der Waals surface area (Å²) in [6, 6.07) is 0.521. The third-order valence-corrected chi connectivity index (χ3v) is 3.61. The Labute approximate surface area is 157 Å². The van der Waals surface area contributed by atoms with Gasteiger partial charge in [0.2, 0.25) is 0 Å². The normalized spacial score (nSPS) is 17.4. The molecule has 1 unspecified atom stereocenters. The van der Waals surface area contributed by atoms with Crippen molar-refractivity contribution in [1.82, 2.24) is 10.3 Å². The molecule has 1 aromatic heterocycles. The number of allylic oxidation sites excluding steroid dienone is 3. The number of hydrogen-bond donors (Lipinski definition) is 2. The number of halogens is 5. The van der Waals surface area contributed by atoms with Gasteiger partial charge in [-0.25, -0.2) is 26.9 Å². The molecular weight excluding hydrogens is 387 g/mol. The molecular formula is C17H17F5N4O2. The predicted octanol–water partition coefficient (Wildman–Crippen LogP) is 2.49. The number of aliphatic imine (C=N–C) groups is 1. The lowest BCUT2D eigenvalue weighted by Gasteiger charge is -2.20. The molecule has 0 fully saturated rings. The number of nitrogens with one attached hydrogen (secondary N) is 1. The van der Waals surface area contributed by atoms with Gasteiger partial charge < -0.3 is 15.8 Å². The largest absolute Gasteiger partial charge is 0.386 e. The molecule has 0 saturated carbocycles. The van der Waals surface area contributed by atoms with Gasteiger partial charge in [0.25, 0.3) is 12.3 Å². The van der Waals surface area contributed by atoms with E-state index in [2.05, 4.69) is 20.0 Å². The van der Waals surface area contributed by atoms with Crippen molar-refractivity contribution in [2.45, 2.75) is 12.8 Å². The molecule has 0 bridgehead atoms. The van der Waals surface area contributed by atoms with Crippen LogP contribution in [0, 0.1) is 17.6 Å². The fraction of sp³-hybridized carbons (Fsp3) is 0.353. The lowest BCUT2D eigenvalue weighted by atomic mass is 9.97. The number of aromatic nitrogens is 1. The van der Waals surface area contributed by atoms with E-state index in [1.165, 1.54) is 6.08 Å². The highest BCUT2D eigenvalue weighted by atomic mass is 19.3. The Morgan fingerprint density at radius 1 is 1.36 bits per heavy atom. The lowest BCUT2D eigenvalue weighted by Crippen LogP contribution is -2.28. The number of carbonyl (C=O) groups excluding carboxylic acids is 1. The first kappa shape index (κ1) is 21.5. The quantitative estimate of drug-likeness (QED) is 0.396. The second kappa shape index (κ2) is 9.93. The van der Waals surface area contributed by atoms with Crippen molar-refractivity contribution < 1.29 is 31.5 Å². The van der Waals surface area contributed by atoms with Gasteiger partial charge in [-0.1, -0.05) is 0 Å². The maximum absolute atomic E-state index is 13.9. The van der Waals surface area contributed by atoms with E-state index in [9.17, 15) is 26.7 Å². The van der Waals surface area contributed by atoms with Crippen LogP contribution in [0.2, 0.25) is 0 Å². The third kappa shape index (κ3) is 6.41. The van der Waals surface area contributed by atoms with E-state index in [1.807, 2.05) is 0 Å². The minimum absolute atomic E-state index is 0.0194. The fourth-order valence-electron chi connectivity index (χ4n) is 2.30. The van der Waals surface area contributed by atoms with Crippen LogP contribution in [0.5, 0.6) is 0 Å². The first-order chi connectivity index (χ1) is 13.3. The van der Waals surface area contributed by atoms with Gasteiger partial charge in [-0.05, 0) is 18.6 Å². The summed E-state index contributed by atoms with van der Waals surface area (Å²) >= 11 is 0. The Morgan fingerprint density at radius 3 is 2.79 bits per heavy atom. The van der Waals surface area contributed by atoms with E-state index in [-0.39, 0.29) is 31.1 Å². The summed E-state index contributed by atoms with van der Waals surface area (Å²) < 4.78 is 69.0. The molecule has 6 nitrogen and oxygen atoms in total. The van der Waals surface area contributed by atoms with Gasteiger partial charge in [0.1, 0.15) is 30.7 Å². The zero-order valence-electron chi connectivity index (χ0n) is 14.5. The molecule has 2 rings (SSSR count). The standard InChI is InChI=1S/C17H17F5N4O2/c18-10-4-13(20)16(25-6-10)17(27)26-11-1-2-12(19)9(3-11)5-24-15(23)8-28-7-14(21)22/h1-2,4,6,9,14H,3,5,7-8H2,(H2,23,24)(H,26,27). The average molecular weight is 404 g/mol. The second-order valence-electron chi connectivity index (χ2n) is 5.82. The van der Waals surface area contributed by atoms with Gasteiger partial charge in [0.15, 0.2) is 11.5 Å². The van der Waals surface area contributed by atoms with Crippen LogP contribution >= 0.6 is 0 Å². The number of nitrogens with two attached hydrogens (primary N) is 1. The van der Waals surface area contributed by atoms with Crippen LogP contribution in [0.3, 0.4) is 0 Å². The first-order valence-corrected chi connectivity index (χ1v) is 8.09. The van der Waals surface area contributed by atoms with Crippen LogP contribution < -0.4 is 11.1 Å². The van der Waals surface area contributed by atoms with Gasteiger partial charge in [0, 0.05) is 17.7 Å². The molecule has 1 atom stereocenters. The van der Waals surface area contributed by atoms with Gasteiger partial charge in [0.05, 0.1) is 12.7 Å². The van der Waals surface area contributed by atoms with Crippen molar-refractivity contribution >= 4 is 11.7 Å². The van der Waals surface area contributed by atoms with Gasteiger partial charge >= 0.3 is 0 Å². The zero-order valence-corrected chi connectivity index (χ0v) is 14.5. The van der Waals surface area contributed by atoms with Crippen molar-refractivity contribution in [2.75, 3.05) is 19.8 Å². The molecule has 28 heavy (non-hydrogen) atoms. The Kier molecular flexibility index (Phi) is 7.61. The highest BCUT2D eigenvalue weighted by molar-refractivity contribution is 5.93. The van der Waals surface area contributed by atoms with E-state index in [0.717, 1.165) is 6.08 Å². The number of amidine groups is 1. The average Bonchev–Trinajstić information content (AvgIpc) is 2.61. The van der Waals surface area contributed by atoms with Crippen LogP contribution in [0.25, 0.3) is 0 Å². The van der Waals surface area contributed by atoms with Gasteiger partial charge in [-0.2, -0.15) is 0 Å². The number of alkyl halides is 2. The Balaban J connectivity index is 1.93. The Morgan fingerprint density at radius 2 is 2.11 bits per heavy atom. The summed E-state index contributed by atoms with van der Waals surface area (Å²) in [4.78, 5) is 19.3. The number of rotatable bonds is 8. The summed E-state index contributed by atoms with van der Waals surface area (Å²) in [7, 11) is 0. The van der Waals surface area contributed by atoms with E-state index in [4.69, 9.17) is 5.73 Å². The molecule has 1 heterocycles. The van der Waals surface area contributed by atoms with E-state index < -0.39 is 48.0 Å². The molecule has 1 aliphatic carbocycles. The zero-order chi connectivity index (χ0) is 20.7. The summed E-state index contributed by atoms with van der Waals surface area (Å²) in [6.45, 7) is -1.22. The lowest BCUT2D eigenvalue weighted by molar-refractivity contribution is 0.0321. The molecule has 0 aliphatic heterocycles. The monoisotopic (exact) mass is 404 g/mol. The number of amides is 1. The smallest absolute Gasteiger partial charge is 0.277 e. The van der Waals surface area contributed by atoms with Crippen molar-refractivity contribution in [3.05, 3.63) is 53.3 Å². The summed E-state index contributed by atoms with van der Waals surface area (Å²) in [6.07, 6.45) is 0.485. The molecule has 0 radical (unpaired) electrons. The van der Waals surface area contributed by atoms with Crippen molar-refractivity contribution in [1.29, 1.82) is 0 Å². The molecule has 3 N–H and O–H groups in total. The highest BCUT2D eigenvalue weighted by Gasteiger charge is 2.22. The molecule has 0 saturated heterocycles. The highest BCUT2D eigenvalue weighted by Crippen LogP contribution is 2.25. The fourth-order valence-corrected chi connectivity index (χ4v) is 2.30. The Bertz CT molecular complexity index is 811. The van der Waals surface area contributed by atoms with Crippen LogP contribution in [-0.2, 0) is 4.74 Å². The van der Waals surface area contributed by atoms with Gasteiger partial charge in [-0.3, -0.25) is 9.79 Å². The third-order valence-electron chi connectivity index (χ3n) is 3.61. The number of nitrogens with zero attached hydrogens (tertiary/aromatic N) is 2. The summed E-state index contributed by atoms with van der Waals surface area (Å²) in [5, 5.41) is 2.38. The van der Waals surface area contributed by atoms with E-state index in [0.29, 0.717) is 12.3 Å². The van der Waals surface area contributed by atoms with Crippen molar-refractivity contribution in [2.24, 2.45) is 16.6 Å². The molecule has 0 aromatic carbocycles. The SMILES string of the molecule is N/C(COCC(F)F)=N/CC1CC(NC(=O)c2ncc(F)cc2F)=CC=C1F. The number of ether oxygens (including phenoxy) is 1. The topological polar surface area (TPSA) is 89.6 Å². The molecule has 11 heteroatoms. The minimum Gasteiger partial charge on any atom is -0.386 e. The maximum atomic E-state index is 13.9. The van der Waals surface area contributed by atoms with Crippen LogP contribution in [0.4, 0.5) is 22.0 Å². The van der Waals surface area contributed by atoms with Crippen molar-refractivity contribution in [3.63, 3.8) is 0 Å². The predicted molar refractivity (Wildman–Crippen MR) is 90.3 cm³/mol. The van der Waals surface area contributed by atoms with Gasteiger partial charge in [-0.15, -0.1) is 0 Å². The molecule has 1 amide bonds. The van der Waals surface area contributed by atoms with Crippen molar-refractivity contribution in [3.8, 4) is 0 Å². The second-order valence-corrected chi connectivity index (χ2v) is 5.82. The summed E-state index contributed by atoms with van der Waals surface area (Å²) in [5.41, 5.74) is 5.18. The van der Waals surface area contributed by atoms with E-state index >= 15 is 0 Å². The first-order valence-electron chi connectivity index (χ1n) is 8.09. The van der Waals surface area contributed by atoms with E-state index in [1.54, 1.807) is 0 Å². The number of hydrogen-bond acceptors (Lipinski definition) is 4. The maximum Gasteiger partial charge on any atom is 0.277 e. The van der Waals surface area contributed by atoms with Crippen LogP contribution in [0.1, 0.15) is 16.9 Å². The molecule has 1 aliphatic rings. The van der Waals surface area contributed by atoms with Crippen LogP contribution in [-0.4, -0.2) is 42.9 Å². The summed E-state index contributed by atoms with van der Waals surface area (Å²) in [5.74, 6) is -4.33. The molecule has 1 aromatic rings. The number of carbonyl (C=O) groups is 1.